The number of hydrogen-bond donors (Lipinski definition) is 1. The van der Waals surface area contributed by atoms with Crippen LogP contribution in [0.4, 0.5) is 0 Å². The van der Waals surface area contributed by atoms with Crippen LogP contribution in [-0.2, 0) is 22.8 Å². The number of aryl methyl sites for hydroxylation is 1. The molecule has 0 amide bonds. The Bertz CT molecular complexity index is 1250. The van der Waals surface area contributed by atoms with Gasteiger partial charge in [0.15, 0.2) is 0 Å². The first-order chi connectivity index (χ1) is 15.6. The number of rotatable bonds is 9. The third kappa shape index (κ3) is 5.35. The van der Waals surface area contributed by atoms with Gasteiger partial charge in [0, 0.05) is 29.2 Å². The number of benzene rings is 3. The molecule has 6 heteroatoms. The molecule has 32 heavy (non-hydrogen) atoms. The van der Waals surface area contributed by atoms with Gasteiger partial charge in [0.25, 0.3) is 0 Å². The fourth-order valence-corrected chi connectivity index (χ4v) is 3.56. The highest BCUT2D eigenvalue weighted by Crippen LogP contribution is 2.27. The van der Waals surface area contributed by atoms with Gasteiger partial charge in [-0.15, -0.1) is 0 Å². The molecule has 162 valence electrons. The molecule has 0 aliphatic carbocycles. The van der Waals surface area contributed by atoms with E-state index in [-0.39, 0.29) is 0 Å². The third-order valence-corrected chi connectivity index (χ3v) is 5.02. The fourth-order valence-electron chi connectivity index (χ4n) is 3.56. The molecule has 0 aliphatic rings. The summed E-state index contributed by atoms with van der Waals surface area (Å²) in [6, 6.07) is 24.4. The summed E-state index contributed by atoms with van der Waals surface area (Å²) in [5.74, 6) is -0.321. The first-order valence-electron chi connectivity index (χ1n) is 10.3. The summed E-state index contributed by atoms with van der Waals surface area (Å²) in [5, 5.41) is 13.5. The minimum absolute atomic E-state index is 0.475. The number of nitrogens with zero attached hydrogens (tertiary/aromatic N) is 2. The van der Waals surface area contributed by atoms with Crippen LogP contribution in [0, 0.1) is 6.92 Å². The summed E-state index contributed by atoms with van der Waals surface area (Å²) in [5.41, 5.74) is 5.32. The van der Waals surface area contributed by atoms with Crippen LogP contribution in [0.2, 0.25) is 0 Å². The van der Waals surface area contributed by atoms with E-state index in [1.165, 1.54) is 17.3 Å². The largest absolute Gasteiger partial charge is 0.489 e. The molecule has 0 bridgehead atoms. The predicted octanol–water partition coefficient (Wildman–Crippen LogP) is 5.01. The summed E-state index contributed by atoms with van der Waals surface area (Å²) >= 11 is 0. The fraction of sp³-hybridized carbons (Fsp3) is 0.154. The summed E-state index contributed by atoms with van der Waals surface area (Å²) in [7, 11) is 0. The van der Waals surface area contributed by atoms with Gasteiger partial charge >= 0.3 is 5.97 Å². The smallest absolute Gasteiger partial charge is 0.344 e. The molecule has 0 saturated carbocycles. The van der Waals surface area contributed by atoms with Crippen molar-refractivity contribution in [1.82, 2.24) is 4.57 Å². The van der Waals surface area contributed by atoms with Gasteiger partial charge in [-0.2, -0.15) is 0 Å². The SMILES string of the molecule is Cc1cccc(COc2ccc3c(c2)c(/C=N/OCC(=O)O)cn3Cc2ccccc2)c1. The molecule has 0 atom stereocenters. The Kier molecular flexibility index (Phi) is 6.51. The van der Waals surface area contributed by atoms with Crippen LogP contribution in [-0.4, -0.2) is 28.5 Å². The minimum atomic E-state index is -1.07. The van der Waals surface area contributed by atoms with Crippen LogP contribution in [0.3, 0.4) is 0 Å². The molecule has 4 aromatic rings. The Morgan fingerprint density at radius 1 is 1.03 bits per heavy atom. The molecule has 1 heterocycles. The van der Waals surface area contributed by atoms with E-state index < -0.39 is 12.6 Å². The van der Waals surface area contributed by atoms with E-state index in [2.05, 4.69) is 40.9 Å². The van der Waals surface area contributed by atoms with Crippen LogP contribution in [0.1, 0.15) is 22.3 Å². The van der Waals surface area contributed by atoms with Crippen LogP contribution < -0.4 is 4.74 Å². The molecule has 0 radical (unpaired) electrons. The van der Waals surface area contributed by atoms with E-state index in [0.29, 0.717) is 13.2 Å². The van der Waals surface area contributed by atoms with Crippen molar-refractivity contribution >= 4 is 23.1 Å². The molecule has 0 fully saturated rings. The lowest BCUT2D eigenvalue weighted by molar-refractivity contribution is -0.142. The van der Waals surface area contributed by atoms with Crippen molar-refractivity contribution < 1.29 is 19.5 Å². The topological polar surface area (TPSA) is 73.1 Å². The molecule has 1 aromatic heterocycles. The molecule has 0 spiro atoms. The first-order valence-corrected chi connectivity index (χ1v) is 10.3. The molecule has 3 aromatic carbocycles. The maximum absolute atomic E-state index is 10.7. The quantitative estimate of drug-likeness (QED) is 0.300. The molecular formula is C26H24N2O4. The van der Waals surface area contributed by atoms with E-state index >= 15 is 0 Å². The normalized spacial score (nSPS) is 11.2. The Hall–Kier alpha value is -4.06. The second-order valence-corrected chi connectivity index (χ2v) is 7.56. The van der Waals surface area contributed by atoms with Gasteiger partial charge in [-0.25, -0.2) is 4.79 Å². The average molecular weight is 428 g/mol. The van der Waals surface area contributed by atoms with E-state index in [4.69, 9.17) is 14.7 Å². The van der Waals surface area contributed by atoms with Gasteiger partial charge in [0.1, 0.15) is 12.4 Å². The van der Waals surface area contributed by atoms with Crippen LogP contribution >= 0.6 is 0 Å². The Morgan fingerprint density at radius 2 is 1.84 bits per heavy atom. The maximum atomic E-state index is 10.7. The van der Waals surface area contributed by atoms with Crippen molar-refractivity contribution in [2.24, 2.45) is 5.16 Å². The molecule has 4 rings (SSSR count). The van der Waals surface area contributed by atoms with E-state index in [0.717, 1.165) is 27.8 Å². The van der Waals surface area contributed by atoms with Crippen molar-refractivity contribution in [2.75, 3.05) is 6.61 Å². The van der Waals surface area contributed by atoms with Crippen molar-refractivity contribution in [3.05, 3.63) is 101 Å². The standard InChI is InChI=1S/C26H24N2O4/c1-19-6-5-9-21(12-19)17-31-23-10-11-25-24(13-23)22(14-27-32-18-26(29)30)16-28(25)15-20-7-3-2-4-8-20/h2-14,16H,15,17-18H2,1H3,(H,29,30)/b27-14+. The Balaban J connectivity index is 1.61. The van der Waals surface area contributed by atoms with E-state index in [9.17, 15) is 4.79 Å². The Morgan fingerprint density at radius 3 is 2.62 bits per heavy atom. The lowest BCUT2D eigenvalue weighted by Gasteiger charge is -2.09. The number of oxime groups is 1. The zero-order chi connectivity index (χ0) is 22.3. The first kappa shape index (κ1) is 21.2. The average Bonchev–Trinajstić information content (AvgIpc) is 3.12. The summed E-state index contributed by atoms with van der Waals surface area (Å²) in [6.45, 7) is 2.75. The number of carboxylic acid groups (broad SMARTS) is 1. The van der Waals surface area contributed by atoms with Gasteiger partial charge in [-0.3, -0.25) is 0 Å². The number of fused-ring (bicyclic) bond motifs is 1. The van der Waals surface area contributed by atoms with Crippen molar-refractivity contribution in [1.29, 1.82) is 0 Å². The lowest BCUT2D eigenvalue weighted by atomic mass is 10.1. The monoisotopic (exact) mass is 428 g/mol. The maximum Gasteiger partial charge on any atom is 0.344 e. The van der Waals surface area contributed by atoms with Gasteiger partial charge in [-0.05, 0) is 36.2 Å². The number of aliphatic carboxylic acids is 1. The van der Waals surface area contributed by atoms with Gasteiger partial charge in [0.2, 0.25) is 6.61 Å². The lowest BCUT2D eigenvalue weighted by Crippen LogP contribution is -2.03. The van der Waals surface area contributed by atoms with Gasteiger partial charge < -0.3 is 19.2 Å². The van der Waals surface area contributed by atoms with Crippen molar-refractivity contribution in [2.45, 2.75) is 20.1 Å². The molecule has 0 saturated heterocycles. The molecule has 6 nitrogen and oxygen atoms in total. The predicted molar refractivity (Wildman–Crippen MR) is 124 cm³/mol. The van der Waals surface area contributed by atoms with Crippen LogP contribution in [0.15, 0.2) is 84.1 Å². The Labute approximate surface area is 186 Å². The van der Waals surface area contributed by atoms with Gasteiger partial charge in [0.05, 0.1) is 6.21 Å². The summed E-state index contributed by atoms with van der Waals surface area (Å²) in [4.78, 5) is 15.5. The summed E-state index contributed by atoms with van der Waals surface area (Å²) < 4.78 is 8.16. The number of carboxylic acids is 1. The molecular weight excluding hydrogens is 404 g/mol. The number of aromatic nitrogens is 1. The number of carbonyl (C=O) groups is 1. The summed E-state index contributed by atoms with van der Waals surface area (Å²) in [6.07, 6.45) is 3.52. The number of ether oxygens (including phenoxy) is 1. The zero-order valence-electron chi connectivity index (χ0n) is 17.8. The zero-order valence-corrected chi connectivity index (χ0v) is 17.8. The van der Waals surface area contributed by atoms with E-state index in [1.807, 2.05) is 54.7 Å². The van der Waals surface area contributed by atoms with Crippen LogP contribution in [0.25, 0.3) is 10.9 Å². The highest BCUT2D eigenvalue weighted by molar-refractivity contribution is 6.00. The molecule has 0 aliphatic heterocycles. The number of hydrogen-bond acceptors (Lipinski definition) is 4. The van der Waals surface area contributed by atoms with Crippen LogP contribution in [0.5, 0.6) is 5.75 Å². The van der Waals surface area contributed by atoms with Gasteiger partial charge in [-0.1, -0.05) is 65.3 Å². The molecule has 0 unspecified atom stereocenters. The third-order valence-electron chi connectivity index (χ3n) is 5.02. The second kappa shape index (κ2) is 9.83. The van der Waals surface area contributed by atoms with Crippen molar-refractivity contribution in [3.63, 3.8) is 0 Å². The molecule has 1 N–H and O–H groups in total. The van der Waals surface area contributed by atoms with E-state index in [1.54, 1.807) is 0 Å². The highest BCUT2D eigenvalue weighted by atomic mass is 16.6. The van der Waals surface area contributed by atoms with Crippen molar-refractivity contribution in [3.8, 4) is 5.75 Å². The highest BCUT2D eigenvalue weighted by Gasteiger charge is 2.10. The second-order valence-electron chi connectivity index (χ2n) is 7.56. The minimum Gasteiger partial charge on any atom is -0.489 e.